The number of phenols is 1. The number of aliphatic hydroxyl groups is 1. The van der Waals surface area contributed by atoms with Crippen molar-refractivity contribution in [2.75, 3.05) is 6.54 Å². The summed E-state index contributed by atoms with van der Waals surface area (Å²) in [4.78, 5) is 31.5. The van der Waals surface area contributed by atoms with Gasteiger partial charge in [0, 0.05) is 44.5 Å². The minimum absolute atomic E-state index is 0.0221. The molecule has 6 N–H and O–H groups in total. The van der Waals surface area contributed by atoms with Crippen molar-refractivity contribution in [2.45, 2.75) is 155 Å². The Balaban J connectivity index is 1.85. The second-order valence-corrected chi connectivity index (χ2v) is 13.9. The van der Waals surface area contributed by atoms with Crippen LogP contribution in [0.4, 0.5) is 0 Å². The normalized spacial score (nSPS) is 19.9. The molecule has 2 fully saturated rings. The second-order valence-electron chi connectivity index (χ2n) is 13.9. The van der Waals surface area contributed by atoms with Gasteiger partial charge < -0.3 is 36.1 Å². The number of benzene rings is 1. The number of guanidine groups is 1. The minimum atomic E-state index is -0.531. The quantitative estimate of drug-likeness (QED) is 0.0606. The van der Waals surface area contributed by atoms with Gasteiger partial charge in [-0.05, 0) is 87.7 Å². The van der Waals surface area contributed by atoms with Gasteiger partial charge in [0.15, 0.2) is 17.5 Å². The van der Waals surface area contributed by atoms with Gasteiger partial charge in [-0.25, -0.2) is 0 Å². The summed E-state index contributed by atoms with van der Waals surface area (Å²) in [6, 6.07) is 3.87. The number of hydrogen-bond acceptors (Lipinski definition) is 7. The SMILES string of the molecule is CCCCC[C@H](O)C[C@@H](CCc1cc(CN2C(=O)C[C@H](CCN=C(N)N)[C@H]2CCC(C)C)c(O)c(OC2CCCC2)c1)OC(C)=O. The lowest BCUT2D eigenvalue weighted by Gasteiger charge is -2.30. The van der Waals surface area contributed by atoms with Crippen molar-refractivity contribution in [2.24, 2.45) is 28.3 Å². The smallest absolute Gasteiger partial charge is 0.302 e. The van der Waals surface area contributed by atoms with Crippen LogP contribution in [-0.2, 0) is 27.3 Å². The number of amides is 1. The number of likely N-dealkylation sites (tertiary alicyclic amines) is 1. The topological polar surface area (TPSA) is 161 Å². The maximum absolute atomic E-state index is 13.5. The van der Waals surface area contributed by atoms with Crippen LogP contribution in [0.1, 0.15) is 129 Å². The van der Waals surface area contributed by atoms with E-state index in [2.05, 4.69) is 25.8 Å². The van der Waals surface area contributed by atoms with Crippen LogP contribution in [0.2, 0.25) is 0 Å². The van der Waals surface area contributed by atoms with E-state index in [1.807, 2.05) is 17.0 Å². The number of unbranched alkanes of at least 4 members (excludes halogenated alkanes) is 2. The fourth-order valence-electron chi connectivity index (χ4n) is 6.96. The first-order valence-electron chi connectivity index (χ1n) is 17.7. The number of aryl methyl sites for hydroxylation is 1. The summed E-state index contributed by atoms with van der Waals surface area (Å²) in [5.41, 5.74) is 12.7. The number of esters is 1. The predicted molar refractivity (Wildman–Crippen MR) is 181 cm³/mol. The third-order valence-corrected chi connectivity index (χ3v) is 9.45. The molecule has 1 amide bonds. The largest absolute Gasteiger partial charge is 0.504 e. The molecule has 1 aromatic rings. The Labute approximate surface area is 276 Å². The first kappa shape index (κ1) is 37.4. The van der Waals surface area contributed by atoms with E-state index in [0.717, 1.165) is 63.4 Å². The molecule has 3 rings (SSSR count). The Morgan fingerprint density at radius 1 is 1.11 bits per heavy atom. The summed E-state index contributed by atoms with van der Waals surface area (Å²) in [5.74, 6) is 0.904. The highest BCUT2D eigenvalue weighted by atomic mass is 16.5. The van der Waals surface area contributed by atoms with E-state index >= 15 is 0 Å². The van der Waals surface area contributed by atoms with E-state index in [1.165, 1.54) is 6.92 Å². The standard InChI is InChI=1S/C36H60N4O6/c1-5-6-7-10-29(42)22-31(45-25(4)41)15-14-26-19-28(35(44)33(20-26)46-30-11-8-9-12-30)23-40-32(16-13-24(2)3)27(21-34(40)43)17-18-39-36(37)38/h19-20,24,27,29-32,42,44H,5-18,21-23H2,1-4H3,(H4,37,38,39)/t27-,29-,31+,32+/m0/s1. The Kier molecular flexibility index (Phi) is 15.4. The number of ether oxygens (including phenoxy) is 2. The van der Waals surface area contributed by atoms with E-state index in [0.29, 0.717) is 62.3 Å². The van der Waals surface area contributed by atoms with Gasteiger partial charge in [-0.2, -0.15) is 0 Å². The van der Waals surface area contributed by atoms with Crippen molar-refractivity contribution in [1.29, 1.82) is 0 Å². The number of phenolic OH excluding ortho intramolecular Hbond substituents is 1. The molecule has 1 aliphatic heterocycles. The molecule has 0 bridgehead atoms. The maximum Gasteiger partial charge on any atom is 0.302 e. The summed E-state index contributed by atoms with van der Waals surface area (Å²) in [6.45, 7) is 8.66. The minimum Gasteiger partial charge on any atom is -0.504 e. The van der Waals surface area contributed by atoms with Crippen molar-refractivity contribution < 1.29 is 29.3 Å². The first-order chi connectivity index (χ1) is 22.0. The van der Waals surface area contributed by atoms with Gasteiger partial charge in [0.25, 0.3) is 0 Å². The van der Waals surface area contributed by atoms with Crippen LogP contribution in [-0.4, -0.2) is 63.8 Å². The molecule has 46 heavy (non-hydrogen) atoms. The summed E-state index contributed by atoms with van der Waals surface area (Å²) in [5, 5.41) is 22.1. The van der Waals surface area contributed by atoms with Crippen LogP contribution in [0.3, 0.4) is 0 Å². The lowest BCUT2D eigenvalue weighted by Crippen LogP contribution is -2.35. The molecule has 1 aliphatic carbocycles. The highest BCUT2D eigenvalue weighted by Gasteiger charge is 2.39. The van der Waals surface area contributed by atoms with Crippen molar-refractivity contribution in [1.82, 2.24) is 4.90 Å². The average Bonchev–Trinajstić information content (AvgIpc) is 3.59. The van der Waals surface area contributed by atoms with Gasteiger partial charge in [0.2, 0.25) is 5.91 Å². The van der Waals surface area contributed by atoms with Crippen LogP contribution in [0.15, 0.2) is 17.1 Å². The van der Waals surface area contributed by atoms with Crippen molar-refractivity contribution in [3.63, 3.8) is 0 Å². The van der Waals surface area contributed by atoms with Crippen molar-refractivity contribution in [3.05, 3.63) is 23.3 Å². The van der Waals surface area contributed by atoms with Crippen molar-refractivity contribution in [3.8, 4) is 11.5 Å². The zero-order chi connectivity index (χ0) is 33.6. The first-order valence-corrected chi connectivity index (χ1v) is 17.7. The van der Waals surface area contributed by atoms with Crippen molar-refractivity contribution >= 4 is 17.8 Å². The number of nitrogens with two attached hydrogens (primary N) is 2. The van der Waals surface area contributed by atoms with Crippen LogP contribution >= 0.6 is 0 Å². The highest BCUT2D eigenvalue weighted by Crippen LogP contribution is 2.39. The lowest BCUT2D eigenvalue weighted by molar-refractivity contribution is -0.148. The Morgan fingerprint density at radius 3 is 2.50 bits per heavy atom. The van der Waals surface area contributed by atoms with Gasteiger partial charge in [-0.1, -0.05) is 46.1 Å². The third-order valence-electron chi connectivity index (χ3n) is 9.45. The summed E-state index contributed by atoms with van der Waals surface area (Å²) in [6.07, 6.45) is 11.4. The van der Waals surface area contributed by atoms with Crippen LogP contribution in [0, 0.1) is 11.8 Å². The molecule has 10 nitrogen and oxygen atoms in total. The van der Waals surface area contributed by atoms with E-state index in [9.17, 15) is 19.8 Å². The highest BCUT2D eigenvalue weighted by molar-refractivity contribution is 5.79. The Hall–Kier alpha value is -3.01. The fraction of sp³-hybridized carbons (Fsp3) is 0.750. The molecule has 1 aromatic carbocycles. The lowest BCUT2D eigenvalue weighted by atomic mass is 9.90. The monoisotopic (exact) mass is 644 g/mol. The predicted octanol–water partition coefficient (Wildman–Crippen LogP) is 5.73. The van der Waals surface area contributed by atoms with Gasteiger partial charge in [0.1, 0.15) is 6.10 Å². The summed E-state index contributed by atoms with van der Waals surface area (Å²) in [7, 11) is 0. The summed E-state index contributed by atoms with van der Waals surface area (Å²) < 4.78 is 12.0. The molecule has 2 aliphatic rings. The second kappa shape index (κ2) is 19.0. The van der Waals surface area contributed by atoms with Crippen LogP contribution in [0.5, 0.6) is 11.5 Å². The van der Waals surface area contributed by atoms with E-state index < -0.39 is 12.2 Å². The number of aliphatic imine (C=N–C) groups is 1. The molecule has 0 radical (unpaired) electrons. The molecule has 4 atom stereocenters. The van der Waals surface area contributed by atoms with E-state index in [-0.39, 0.29) is 48.2 Å². The molecule has 1 saturated heterocycles. The number of carbonyl (C=O) groups is 2. The van der Waals surface area contributed by atoms with Crippen LogP contribution in [0.25, 0.3) is 0 Å². The molecule has 0 spiro atoms. The van der Waals surface area contributed by atoms with Gasteiger partial charge >= 0.3 is 5.97 Å². The zero-order valence-electron chi connectivity index (χ0n) is 28.7. The third kappa shape index (κ3) is 12.3. The van der Waals surface area contributed by atoms with Gasteiger partial charge in [-0.15, -0.1) is 0 Å². The maximum atomic E-state index is 13.5. The molecular weight excluding hydrogens is 584 g/mol. The number of carbonyl (C=O) groups excluding carboxylic acids is 2. The molecule has 1 saturated carbocycles. The van der Waals surface area contributed by atoms with E-state index in [4.69, 9.17) is 20.9 Å². The average molecular weight is 645 g/mol. The molecular formula is C36H60N4O6. The number of rotatable bonds is 20. The Morgan fingerprint density at radius 2 is 1.85 bits per heavy atom. The molecule has 10 heteroatoms. The van der Waals surface area contributed by atoms with Gasteiger partial charge in [-0.3, -0.25) is 14.6 Å². The summed E-state index contributed by atoms with van der Waals surface area (Å²) >= 11 is 0. The molecule has 0 aromatic heterocycles. The van der Waals surface area contributed by atoms with Crippen LogP contribution < -0.4 is 16.2 Å². The van der Waals surface area contributed by atoms with E-state index in [1.54, 1.807) is 0 Å². The number of aromatic hydroxyl groups is 1. The molecule has 0 unspecified atom stereocenters. The number of hydrogen-bond donors (Lipinski definition) is 4. The van der Waals surface area contributed by atoms with Gasteiger partial charge in [0.05, 0.1) is 12.2 Å². The number of nitrogens with zero attached hydrogens (tertiary/aromatic N) is 2. The molecule has 260 valence electrons. The fourth-order valence-corrected chi connectivity index (χ4v) is 6.96. The zero-order valence-corrected chi connectivity index (χ0v) is 28.7. The Bertz CT molecular complexity index is 1130. The number of aliphatic hydroxyl groups excluding tert-OH is 1. The molecule has 1 heterocycles.